The second kappa shape index (κ2) is 5.58. The lowest BCUT2D eigenvalue weighted by molar-refractivity contribution is -0.116. The molecule has 1 aromatic rings. The van der Waals surface area contributed by atoms with Crippen molar-refractivity contribution in [1.82, 2.24) is 4.72 Å². The smallest absolute Gasteiger partial charge is 0.264 e. The fourth-order valence-electron chi connectivity index (χ4n) is 1.52. The molecule has 0 saturated heterocycles. The average molecular weight is 292 g/mol. The number of hydrogen-bond donors (Lipinski definition) is 1. The van der Waals surface area contributed by atoms with Gasteiger partial charge in [-0.15, -0.1) is 11.6 Å². The molecule has 1 rings (SSSR count). The third kappa shape index (κ3) is 2.94. The maximum absolute atomic E-state index is 11.9. The third-order valence-electron chi connectivity index (χ3n) is 2.57. The van der Waals surface area contributed by atoms with Gasteiger partial charge in [-0.1, -0.05) is 0 Å². The molecule has 0 atom stereocenters. The van der Waals surface area contributed by atoms with Crippen LogP contribution in [0.5, 0.6) is 5.75 Å². The Balaban J connectivity index is 3.26. The molecule has 18 heavy (non-hydrogen) atoms. The molecule has 0 aliphatic heterocycles. The number of benzene rings is 1. The second-order valence-electron chi connectivity index (χ2n) is 3.68. The molecule has 0 aromatic heterocycles. The summed E-state index contributed by atoms with van der Waals surface area (Å²) in [5, 5.41) is 0. The largest absolute Gasteiger partial charge is 0.496 e. The maximum atomic E-state index is 11.9. The van der Waals surface area contributed by atoms with E-state index in [9.17, 15) is 13.2 Å². The number of amides is 1. The minimum absolute atomic E-state index is 0.0410. The molecule has 0 aliphatic rings. The number of rotatable bonds is 4. The van der Waals surface area contributed by atoms with Gasteiger partial charge in [0.05, 0.1) is 12.0 Å². The fraction of sp³-hybridized carbons (Fsp3) is 0.364. The molecule has 0 fully saturated rings. The van der Waals surface area contributed by atoms with Crippen LogP contribution in [-0.2, 0) is 14.8 Å². The predicted octanol–water partition coefficient (Wildman–Crippen LogP) is 1.36. The SMILES string of the molecule is COc1ccc(S(=O)(=O)NC(=O)CCl)c(C)c1C. The summed E-state index contributed by atoms with van der Waals surface area (Å²) in [7, 11) is -2.38. The molecule has 0 radical (unpaired) electrons. The highest BCUT2D eigenvalue weighted by molar-refractivity contribution is 7.90. The minimum atomic E-state index is -3.89. The quantitative estimate of drug-likeness (QED) is 0.850. The molecule has 1 aromatic carbocycles. The minimum Gasteiger partial charge on any atom is -0.496 e. The molecular weight excluding hydrogens is 278 g/mol. The van der Waals surface area contributed by atoms with Crippen LogP contribution in [-0.4, -0.2) is 27.3 Å². The molecule has 0 aliphatic carbocycles. The van der Waals surface area contributed by atoms with Crippen molar-refractivity contribution < 1.29 is 17.9 Å². The van der Waals surface area contributed by atoms with Crippen LogP contribution in [0, 0.1) is 13.8 Å². The first kappa shape index (κ1) is 14.8. The van der Waals surface area contributed by atoms with E-state index in [-0.39, 0.29) is 4.90 Å². The number of alkyl halides is 1. The van der Waals surface area contributed by atoms with Crippen molar-refractivity contribution in [3.8, 4) is 5.75 Å². The summed E-state index contributed by atoms with van der Waals surface area (Å²) >= 11 is 5.27. The molecule has 1 N–H and O–H groups in total. The first-order chi connectivity index (χ1) is 8.33. The number of nitrogens with one attached hydrogen (secondary N) is 1. The van der Waals surface area contributed by atoms with Gasteiger partial charge in [0.25, 0.3) is 10.0 Å². The zero-order valence-electron chi connectivity index (χ0n) is 10.3. The Labute approximate surface area is 111 Å². The van der Waals surface area contributed by atoms with Crippen LogP contribution in [0.4, 0.5) is 0 Å². The van der Waals surface area contributed by atoms with Crippen LogP contribution in [0.3, 0.4) is 0 Å². The van der Waals surface area contributed by atoms with Crippen molar-refractivity contribution in [3.63, 3.8) is 0 Å². The lowest BCUT2D eigenvalue weighted by Gasteiger charge is -2.13. The van der Waals surface area contributed by atoms with E-state index in [1.54, 1.807) is 19.9 Å². The van der Waals surface area contributed by atoms with Crippen LogP contribution < -0.4 is 9.46 Å². The van der Waals surface area contributed by atoms with Gasteiger partial charge in [0.2, 0.25) is 5.91 Å². The Morgan fingerprint density at radius 3 is 2.44 bits per heavy atom. The molecule has 0 spiro atoms. The number of ether oxygens (including phenoxy) is 1. The Bertz CT molecular complexity index is 569. The molecular formula is C11H14ClNO4S. The lowest BCUT2D eigenvalue weighted by Crippen LogP contribution is -2.32. The number of sulfonamides is 1. The van der Waals surface area contributed by atoms with Gasteiger partial charge in [-0.25, -0.2) is 13.1 Å². The molecule has 1 amide bonds. The summed E-state index contributed by atoms with van der Waals surface area (Å²) in [6, 6.07) is 2.94. The number of methoxy groups -OCH3 is 1. The highest BCUT2D eigenvalue weighted by atomic mass is 35.5. The molecule has 0 saturated carbocycles. The van der Waals surface area contributed by atoms with Gasteiger partial charge in [-0.05, 0) is 37.1 Å². The summed E-state index contributed by atoms with van der Waals surface area (Å²) < 4.78 is 30.9. The summed E-state index contributed by atoms with van der Waals surface area (Å²) in [5.74, 6) is -0.576. The van der Waals surface area contributed by atoms with Gasteiger partial charge < -0.3 is 4.74 Å². The maximum Gasteiger partial charge on any atom is 0.264 e. The van der Waals surface area contributed by atoms with Gasteiger partial charge in [-0.3, -0.25) is 4.79 Å². The molecule has 0 bridgehead atoms. The van der Waals surface area contributed by atoms with E-state index in [4.69, 9.17) is 16.3 Å². The van der Waals surface area contributed by atoms with Gasteiger partial charge in [-0.2, -0.15) is 0 Å². The van der Waals surface area contributed by atoms with Gasteiger partial charge >= 0.3 is 0 Å². The second-order valence-corrected chi connectivity index (χ2v) is 5.60. The number of carbonyl (C=O) groups excluding carboxylic acids is 1. The van der Waals surface area contributed by atoms with E-state index in [1.165, 1.54) is 13.2 Å². The normalized spacial score (nSPS) is 11.1. The Kier molecular flexibility index (Phi) is 4.59. The third-order valence-corrected chi connectivity index (χ3v) is 4.33. The van der Waals surface area contributed by atoms with Crippen LogP contribution in [0.15, 0.2) is 17.0 Å². The monoisotopic (exact) mass is 291 g/mol. The van der Waals surface area contributed by atoms with Crippen molar-refractivity contribution in [2.24, 2.45) is 0 Å². The van der Waals surface area contributed by atoms with E-state index in [2.05, 4.69) is 0 Å². The number of halogens is 1. The number of carbonyl (C=O) groups is 1. The lowest BCUT2D eigenvalue weighted by atomic mass is 10.1. The van der Waals surface area contributed by atoms with Crippen LogP contribution >= 0.6 is 11.6 Å². The van der Waals surface area contributed by atoms with E-state index < -0.39 is 21.8 Å². The average Bonchev–Trinajstić information content (AvgIpc) is 2.31. The van der Waals surface area contributed by atoms with E-state index >= 15 is 0 Å². The first-order valence-corrected chi connectivity index (χ1v) is 7.11. The van der Waals surface area contributed by atoms with Crippen molar-refractivity contribution in [2.75, 3.05) is 13.0 Å². The Hall–Kier alpha value is -1.27. The topological polar surface area (TPSA) is 72.5 Å². The standard InChI is InChI=1S/C11H14ClNO4S/c1-7-8(2)10(5-4-9(7)17-3)18(15,16)13-11(14)6-12/h4-5H,6H2,1-3H3,(H,13,14). The van der Waals surface area contributed by atoms with Crippen molar-refractivity contribution >= 4 is 27.5 Å². The van der Waals surface area contributed by atoms with Crippen LogP contribution in [0.25, 0.3) is 0 Å². The first-order valence-electron chi connectivity index (χ1n) is 5.09. The van der Waals surface area contributed by atoms with Gasteiger partial charge in [0.1, 0.15) is 11.6 Å². The zero-order valence-corrected chi connectivity index (χ0v) is 11.9. The van der Waals surface area contributed by atoms with Crippen LogP contribution in [0.1, 0.15) is 11.1 Å². The van der Waals surface area contributed by atoms with E-state index in [1.807, 2.05) is 4.72 Å². The summed E-state index contributed by atoms with van der Waals surface area (Å²) in [6.45, 7) is 3.40. The number of hydrogen-bond acceptors (Lipinski definition) is 4. The van der Waals surface area contributed by atoms with E-state index in [0.29, 0.717) is 16.9 Å². The Morgan fingerprint density at radius 2 is 1.94 bits per heavy atom. The summed E-state index contributed by atoms with van der Waals surface area (Å²) in [6.07, 6.45) is 0. The van der Waals surface area contributed by atoms with E-state index in [0.717, 1.165) is 0 Å². The molecule has 5 nitrogen and oxygen atoms in total. The Morgan fingerprint density at radius 1 is 1.33 bits per heavy atom. The van der Waals surface area contributed by atoms with Crippen molar-refractivity contribution in [2.45, 2.75) is 18.7 Å². The molecule has 100 valence electrons. The zero-order chi connectivity index (χ0) is 13.9. The van der Waals surface area contributed by atoms with Gasteiger partial charge in [0, 0.05) is 0 Å². The molecule has 0 heterocycles. The summed E-state index contributed by atoms with van der Waals surface area (Å²) in [4.78, 5) is 11.1. The molecule has 7 heteroatoms. The predicted molar refractivity (Wildman–Crippen MR) is 68.5 cm³/mol. The molecule has 0 unspecified atom stereocenters. The fourth-order valence-corrected chi connectivity index (χ4v) is 2.95. The summed E-state index contributed by atoms with van der Waals surface area (Å²) in [5.41, 5.74) is 1.24. The highest BCUT2D eigenvalue weighted by Gasteiger charge is 2.21. The van der Waals surface area contributed by atoms with Crippen molar-refractivity contribution in [3.05, 3.63) is 23.3 Å². The van der Waals surface area contributed by atoms with Gasteiger partial charge in [0.15, 0.2) is 0 Å². The van der Waals surface area contributed by atoms with Crippen LogP contribution in [0.2, 0.25) is 0 Å². The highest BCUT2D eigenvalue weighted by Crippen LogP contribution is 2.26. The van der Waals surface area contributed by atoms with Crippen molar-refractivity contribution in [1.29, 1.82) is 0 Å².